The third-order valence-corrected chi connectivity index (χ3v) is 2.33. The Morgan fingerprint density at radius 3 is 2.69 bits per heavy atom. The molecule has 13 heavy (non-hydrogen) atoms. The molecule has 2 atom stereocenters. The Labute approximate surface area is 79.3 Å². The second kappa shape index (κ2) is 3.78. The largest absolute Gasteiger partial charge is 0.396 e. The van der Waals surface area contributed by atoms with Crippen molar-refractivity contribution >= 4 is 0 Å². The fourth-order valence-corrected chi connectivity index (χ4v) is 1.30. The highest BCUT2D eigenvalue weighted by Crippen LogP contribution is 2.28. The summed E-state index contributed by atoms with van der Waals surface area (Å²) in [5.41, 5.74) is 0.910. The van der Waals surface area contributed by atoms with Gasteiger partial charge in [-0.1, -0.05) is 13.5 Å². The summed E-state index contributed by atoms with van der Waals surface area (Å²) < 4.78 is 11.0. The molecule has 0 spiro atoms. The third kappa shape index (κ3) is 2.53. The summed E-state index contributed by atoms with van der Waals surface area (Å²) in [4.78, 5) is 0. The number of ether oxygens (including phenoxy) is 2. The molecule has 0 saturated carbocycles. The Balaban J connectivity index is 2.51. The average molecular weight is 186 g/mol. The highest BCUT2D eigenvalue weighted by atomic mass is 16.7. The summed E-state index contributed by atoms with van der Waals surface area (Å²) in [6, 6.07) is 0. The van der Waals surface area contributed by atoms with E-state index in [0.717, 1.165) is 5.57 Å². The predicted octanol–water partition coefficient (Wildman–Crippen LogP) is 1.32. The van der Waals surface area contributed by atoms with Crippen LogP contribution in [0.15, 0.2) is 12.2 Å². The molecule has 1 N–H and O–H groups in total. The van der Waals surface area contributed by atoms with Crippen LogP contribution < -0.4 is 0 Å². The molecular weight excluding hydrogens is 168 g/mol. The molecule has 1 aliphatic rings. The molecule has 0 radical (unpaired) electrons. The lowest BCUT2D eigenvalue weighted by atomic mass is 9.99. The number of hydrogen-bond donors (Lipinski definition) is 1. The van der Waals surface area contributed by atoms with Crippen molar-refractivity contribution in [2.75, 3.05) is 13.2 Å². The Kier molecular flexibility index (Phi) is 3.11. The minimum atomic E-state index is -0.511. The van der Waals surface area contributed by atoms with Crippen molar-refractivity contribution in [2.45, 2.75) is 32.7 Å². The van der Waals surface area contributed by atoms with Gasteiger partial charge >= 0.3 is 0 Å². The van der Waals surface area contributed by atoms with Gasteiger partial charge in [-0.2, -0.15) is 0 Å². The lowest BCUT2D eigenvalue weighted by Gasteiger charge is -2.20. The molecule has 0 aromatic heterocycles. The highest BCUT2D eigenvalue weighted by molar-refractivity contribution is 5.08. The summed E-state index contributed by atoms with van der Waals surface area (Å²) in [5.74, 6) is -0.439. The van der Waals surface area contributed by atoms with Crippen LogP contribution >= 0.6 is 0 Å². The van der Waals surface area contributed by atoms with Gasteiger partial charge in [-0.25, -0.2) is 0 Å². The van der Waals surface area contributed by atoms with E-state index in [2.05, 4.69) is 6.58 Å². The fourth-order valence-electron chi connectivity index (χ4n) is 1.30. The van der Waals surface area contributed by atoms with Crippen LogP contribution in [0.2, 0.25) is 0 Å². The van der Waals surface area contributed by atoms with Gasteiger partial charge < -0.3 is 14.6 Å². The third-order valence-electron chi connectivity index (χ3n) is 2.33. The number of aliphatic hydroxyl groups excluding tert-OH is 1. The van der Waals surface area contributed by atoms with Gasteiger partial charge in [-0.3, -0.25) is 0 Å². The first-order valence-electron chi connectivity index (χ1n) is 4.57. The van der Waals surface area contributed by atoms with Gasteiger partial charge in [0, 0.05) is 12.5 Å². The Morgan fingerprint density at radius 2 is 2.31 bits per heavy atom. The number of rotatable bonds is 3. The normalized spacial score (nSPS) is 28.8. The molecule has 1 saturated heterocycles. The second-order valence-corrected chi connectivity index (χ2v) is 3.98. The monoisotopic (exact) mass is 186 g/mol. The molecule has 3 nitrogen and oxygen atoms in total. The lowest BCUT2D eigenvalue weighted by Crippen LogP contribution is -2.24. The Hall–Kier alpha value is -0.380. The van der Waals surface area contributed by atoms with E-state index in [4.69, 9.17) is 14.6 Å². The first-order chi connectivity index (χ1) is 5.96. The first kappa shape index (κ1) is 10.7. The summed E-state index contributed by atoms with van der Waals surface area (Å²) in [5, 5.41) is 8.94. The minimum absolute atomic E-state index is 0.0718. The summed E-state index contributed by atoms with van der Waals surface area (Å²) in [6.45, 7) is 10.2. The maximum Gasteiger partial charge on any atom is 0.163 e. The molecule has 1 heterocycles. The molecule has 1 rings (SSSR count). The average Bonchev–Trinajstić information content (AvgIpc) is 2.43. The van der Waals surface area contributed by atoms with Crippen LogP contribution in [0.4, 0.5) is 0 Å². The van der Waals surface area contributed by atoms with Crippen molar-refractivity contribution in [3.8, 4) is 0 Å². The van der Waals surface area contributed by atoms with Crippen molar-refractivity contribution in [3.63, 3.8) is 0 Å². The molecule has 76 valence electrons. The highest BCUT2D eigenvalue weighted by Gasteiger charge is 2.35. The van der Waals surface area contributed by atoms with Crippen LogP contribution in [0.5, 0.6) is 0 Å². The molecule has 0 aromatic rings. The van der Waals surface area contributed by atoms with Gasteiger partial charge in [-0.15, -0.1) is 0 Å². The molecule has 0 unspecified atom stereocenters. The van der Waals surface area contributed by atoms with Gasteiger partial charge in [-0.05, 0) is 19.4 Å². The molecule has 1 fully saturated rings. The SMILES string of the molecule is C=C([C@@H]1COC(C)(C)O1)[C@@H](C)CO. The molecule has 0 bridgehead atoms. The molecule has 1 aliphatic heterocycles. The van der Waals surface area contributed by atoms with Crippen LogP contribution in [-0.4, -0.2) is 30.2 Å². The van der Waals surface area contributed by atoms with Crippen LogP contribution in [0.1, 0.15) is 20.8 Å². The van der Waals surface area contributed by atoms with E-state index in [1.807, 2.05) is 20.8 Å². The zero-order valence-corrected chi connectivity index (χ0v) is 8.54. The quantitative estimate of drug-likeness (QED) is 0.676. The second-order valence-electron chi connectivity index (χ2n) is 3.98. The zero-order chi connectivity index (χ0) is 10.1. The number of hydrogen-bond acceptors (Lipinski definition) is 3. The fraction of sp³-hybridized carbons (Fsp3) is 0.800. The van der Waals surface area contributed by atoms with Gasteiger partial charge in [0.15, 0.2) is 5.79 Å². The van der Waals surface area contributed by atoms with Gasteiger partial charge in [0.25, 0.3) is 0 Å². The predicted molar refractivity (Wildman–Crippen MR) is 50.3 cm³/mol. The van der Waals surface area contributed by atoms with E-state index in [0.29, 0.717) is 6.61 Å². The molecule has 0 amide bonds. The van der Waals surface area contributed by atoms with Crippen molar-refractivity contribution in [2.24, 2.45) is 5.92 Å². The van der Waals surface area contributed by atoms with E-state index in [1.54, 1.807) is 0 Å². The van der Waals surface area contributed by atoms with E-state index in [-0.39, 0.29) is 18.6 Å². The number of aliphatic hydroxyl groups is 1. The Bertz CT molecular complexity index is 198. The van der Waals surface area contributed by atoms with Gasteiger partial charge in [0.05, 0.1) is 6.61 Å². The topological polar surface area (TPSA) is 38.7 Å². The summed E-state index contributed by atoms with van der Waals surface area (Å²) >= 11 is 0. The summed E-state index contributed by atoms with van der Waals surface area (Å²) in [6.07, 6.45) is -0.0721. The van der Waals surface area contributed by atoms with Crippen LogP contribution in [0.3, 0.4) is 0 Å². The maximum atomic E-state index is 8.94. The van der Waals surface area contributed by atoms with Gasteiger partial charge in [0.1, 0.15) is 6.10 Å². The molecule has 0 aliphatic carbocycles. The van der Waals surface area contributed by atoms with E-state index < -0.39 is 5.79 Å². The van der Waals surface area contributed by atoms with Crippen LogP contribution in [0, 0.1) is 5.92 Å². The van der Waals surface area contributed by atoms with Gasteiger partial charge in [0.2, 0.25) is 0 Å². The van der Waals surface area contributed by atoms with E-state index in [9.17, 15) is 0 Å². The van der Waals surface area contributed by atoms with Crippen LogP contribution in [0.25, 0.3) is 0 Å². The first-order valence-corrected chi connectivity index (χ1v) is 4.57. The Morgan fingerprint density at radius 1 is 1.69 bits per heavy atom. The zero-order valence-electron chi connectivity index (χ0n) is 8.54. The summed E-state index contributed by atoms with van der Waals surface area (Å²) in [7, 11) is 0. The minimum Gasteiger partial charge on any atom is -0.396 e. The molecule has 0 aromatic carbocycles. The lowest BCUT2D eigenvalue weighted by molar-refractivity contribution is -0.135. The molecule has 3 heteroatoms. The van der Waals surface area contributed by atoms with E-state index in [1.165, 1.54) is 0 Å². The molecular formula is C10H18O3. The van der Waals surface area contributed by atoms with Crippen molar-refractivity contribution in [1.29, 1.82) is 0 Å². The van der Waals surface area contributed by atoms with E-state index >= 15 is 0 Å². The van der Waals surface area contributed by atoms with Crippen molar-refractivity contribution in [1.82, 2.24) is 0 Å². The smallest absolute Gasteiger partial charge is 0.163 e. The maximum absolute atomic E-state index is 8.94. The standard InChI is InChI=1S/C10H18O3/c1-7(5-11)8(2)9-6-12-10(3,4)13-9/h7,9,11H,2,5-6H2,1,3-4H3/t7-,9-/m0/s1. The van der Waals surface area contributed by atoms with Crippen molar-refractivity contribution < 1.29 is 14.6 Å². The van der Waals surface area contributed by atoms with Crippen molar-refractivity contribution in [3.05, 3.63) is 12.2 Å². The van der Waals surface area contributed by atoms with Crippen LogP contribution in [-0.2, 0) is 9.47 Å².